The van der Waals surface area contributed by atoms with Gasteiger partial charge in [0.2, 0.25) is 0 Å². The highest BCUT2D eigenvalue weighted by molar-refractivity contribution is 6.35. The summed E-state index contributed by atoms with van der Waals surface area (Å²) in [6.45, 7) is 1.81. The van der Waals surface area contributed by atoms with E-state index in [9.17, 15) is 5.11 Å². The fourth-order valence-corrected chi connectivity index (χ4v) is 2.81. The van der Waals surface area contributed by atoms with Gasteiger partial charge in [0.1, 0.15) is 5.15 Å². The summed E-state index contributed by atoms with van der Waals surface area (Å²) in [5.74, 6) is 0. The van der Waals surface area contributed by atoms with E-state index in [1.165, 1.54) is 0 Å². The molecule has 1 aromatic heterocycles. The minimum atomic E-state index is -0.750. The Balaban J connectivity index is 2.28. The Bertz CT molecular complexity index is 610. The number of hydrogen-bond acceptors (Lipinski definition) is 2. The first-order valence-corrected chi connectivity index (χ1v) is 6.84. The number of aryl methyl sites for hydroxylation is 2. The number of rotatable bonds is 3. The predicted molar refractivity (Wildman–Crippen MR) is 78.1 cm³/mol. The van der Waals surface area contributed by atoms with Crippen molar-refractivity contribution < 1.29 is 5.11 Å². The lowest BCUT2D eigenvalue weighted by molar-refractivity contribution is 0.178. The highest BCUT2D eigenvalue weighted by Crippen LogP contribution is 2.31. The molecule has 3 nitrogen and oxygen atoms in total. The average molecular weight is 320 g/mol. The second kappa shape index (κ2) is 5.71. The van der Waals surface area contributed by atoms with Crippen LogP contribution in [0.25, 0.3) is 0 Å². The van der Waals surface area contributed by atoms with E-state index in [0.29, 0.717) is 32.9 Å². The number of halogens is 3. The van der Waals surface area contributed by atoms with Crippen LogP contribution >= 0.6 is 34.8 Å². The topological polar surface area (TPSA) is 38.0 Å². The molecule has 0 saturated heterocycles. The molecule has 2 rings (SSSR count). The molecular formula is C13H13Cl3N2O. The standard InChI is InChI=1S/C13H13Cl3N2O/c1-7-12(13(16)18(2)17-7)11(19)5-8-3-4-9(14)6-10(8)15/h3-4,6,11,19H,5H2,1-2H3. The van der Waals surface area contributed by atoms with Crippen LogP contribution in [0, 0.1) is 6.92 Å². The van der Waals surface area contributed by atoms with Crippen LogP contribution in [0.2, 0.25) is 15.2 Å². The molecular weight excluding hydrogens is 307 g/mol. The monoisotopic (exact) mass is 318 g/mol. The molecule has 0 bridgehead atoms. The smallest absolute Gasteiger partial charge is 0.132 e. The van der Waals surface area contributed by atoms with Crippen LogP contribution in [0.15, 0.2) is 18.2 Å². The van der Waals surface area contributed by atoms with Crippen molar-refractivity contribution in [2.24, 2.45) is 7.05 Å². The molecule has 0 radical (unpaired) electrons. The van der Waals surface area contributed by atoms with Crippen molar-refractivity contribution in [1.29, 1.82) is 0 Å². The minimum absolute atomic E-state index is 0.363. The number of aliphatic hydroxyl groups is 1. The van der Waals surface area contributed by atoms with Gasteiger partial charge in [0.25, 0.3) is 0 Å². The summed E-state index contributed by atoms with van der Waals surface area (Å²) < 4.78 is 1.54. The van der Waals surface area contributed by atoms with Crippen LogP contribution < -0.4 is 0 Å². The second-order valence-corrected chi connectivity index (χ2v) is 5.57. The van der Waals surface area contributed by atoms with Gasteiger partial charge in [0.15, 0.2) is 0 Å². The largest absolute Gasteiger partial charge is 0.388 e. The van der Waals surface area contributed by atoms with Gasteiger partial charge < -0.3 is 5.11 Å². The molecule has 1 atom stereocenters. The quantitative estimate of drug-likeness (QED) is 0.929. The lowest BCUT2D eigenvalue weighted by Crippen LogP contribution is -2.04. The lowest BCUT2D eigenvalue weighted by Gasteiger charge is -2.12. The Labute approximate surface area is 126 Å². The maximum Gasteiger partial charge on any atom is 0.132 e. The van der Waals surface area contributed by atoms with Crippen molar-refractivity contribution in [2.75, 3.05) is 0 Å². The summed E-state index contributed by atoms with van der Waals surface area (Å²) in [4.78, 5) is 0. The molecule has 1 aromatic carbocycles. The molecule has 102 valence electrons. The summed E-state index contributed by atoms with van der Waals surface area (Å²) in [5.41, 5.74) is 2.16. The number of aliphatic hydroxyl groups excluding tert-OH is 1. The average Bonchev–Trinajstić information content (AvgIpc) is 2.57. The van der Waals surface area contributed by atoms with Gasteiger partial charge in [-0.25, -0.2) is 0 Å². The first kappa shape index (κ1) is 14.7. The van der Waals surface area contributed by atoms with Crippen molar-refractivity contribution in [2.45, 2.75) is 19.4 Å². The number of benzene rings is 1. The molecule has 1 N–H and O–H groups in total. The molecule has 0 aliphatic heterocycles. The number of aromatic nitrogens is 2. The highest BCUT2D eigenvalue weighted by atomic mass is 35.5. The Hall–Kier alpha value is -0.740. The Morgan fingerprint density at radius 1 is 1.32 bits per heavy atom. The van der Waals surface area contributed by atoms with Crippen molar-refractivity contribution >= 4 is 34.8 Å². The molecule has 2 aromatic rings. The summed E-state index contributed by atoms with van der Waals surface area (Å²) in [5, 5.41) is 16.0. The van der Waals surface area contributed by atoms with Gasteiger partial charge in [0, 0.05) is 29.1 Å². The van der Waals surface area contributed by atoms with Gasteiger partial charge in [-0.1, -0.05) is 40.9 Å². The van der Waals surface area contributed by atoms with Crippen molar-refractivity contribution in [1.82, 2.24) is 9.78 Å². The van der Waals surface area contributed by atoms with Crippen LogP contribution in [-0.2, 0) is 13.5 Å². The van der Waals surface area contributed by atoms with Crippen molar-refractivity contribution in [3.63, 3.8) is 0 Å². The third-order valence-electron chi connectivity index (χ3n) is 2.96. The fraction of sp³-hybridized carbons (Fsp3) is 0.308. The van der Waals surface area contributed by atoms with Crippen molar-refractivity contribution in [3.8, 4) is 0 Å². The third kappa shape index (κ3) is 3.06. The first-order chi connectivity index (χ1) is 8.90. The van der Waals surface area contributed by atoms with Gasteiger partial charge >= 0.3 is 0 Å². The highest BCUT2D eigenvalue weighted by Gasteiger charge is 2.20. The Morgan fingerprint density at radius 2 is 2.00 bits per heavy atom. The zero-order chi connectivity index (χ0) is 14.2. The molecule has 1 unspecified atom stereocenters. The maximum atomic E-state index is 10.3. The molecule has 0 aliphatic rings. The SMILES string of the molecule is Cc1nn(C)c(Cl)c1C(O)Cc1ccc(Cl)cc1Cl. The van der Waals surface area contributed by atoms with Crippen LogP contribution in [0.4, 0.5) is 0 Å². The summed E-state index contributed by atoms with van der Waals surface area (Å²) in [6.07, 6.45) is -0.387. The van der Waals surface area contributed by atoms with E-state index < -0.39 is 6.10 Å². The molecule has 0 saturated carbocycles. The van der Waals surface area contributed by atoms with E-state index in [1.54, 1.807) is 29.9 Å². The zero-order valence-corrected chi connectivity index (χ0v) is 12.8. The molecule has 1 heterocycles. The van der Waals surface area contributed by atoms with Crippen LogP contribution in [0.5, 0.6) is 0 Å². The van der Waals surface area contributed by atoms with Gasteiger partial charge in [-0.2, -0.15) is 5.10 Å². The van der Waals surface area contributed by atoms with E-state index in [0.717, 1.165) is 5.56 Å². The van der Waals surface area contributed by atoms with E-state index in [-0.39, 0.29) is 0 Å². The van der Waals surface area contributed by atoms with Crippen molar-refractivity contribution in [3.05, 3.63) is 50.2 Å². The molecule has 0 spiro atoms. The van der Waals surface area contributed by atoms with E-state index in [1.807, 2.05) is 6.92 Å². The Morgan fingerprint density at radius 3 is 2.53 bits per heavy atom. The molecule has 0 fully saturated rings. The van der Waals surface area contributed by atoms with Crippen LogP contribution in [-0.4, -0.2) is 14.9 Å². The fourth-order valence-electron chi connectivity index (χ4n) is 2.02. The van der Waals surface area contributed by atoms with Gasteiger partial charge in [-0.3, -0.25) is 4.68 Å². The van der Waals surface area contributed by atoms with E-state index >= 15 is 0 Å². The predicted octanol–water partition coefficient (Wildman–Crippen LogP) is 3.96. The van der Waals surface area contributed by atoms with E-state index in [2.05, 4.69) is 5.10 Å². The molecule has 0 aliphatic carbocycles. The minimum Gasteiger partial charge on any atom is -0.388 e. The number of nitrogens with zero attached hydrogens (tertiary/aromatic N) is 2. The normalized spacial score (nSPS) is 12.7. The van der Waals surface area contributed by atoms with Gasteiger partial charge in [-0.15, -0.1) is 0 Å². The lowest BCUT2D eigenvalue weighted by atomic mass is 10.0. The van der Waals surface area contributed by atoms with Crippen LogP contribution in [0.1, 0.15) is 22.9 Å². The van der Waals surface area contributed by atoms with E-state index in [4.69, 9.17) is 34.8 Å². The summed E-state index contributed by atoms with van der Waals surface area (Å²) in [7, 11) is 1.74. The number of hydrogen-bond donors (Lipinski definition) is 1. The van der Waals surface area contributed by atoms with Gasteiger partial charge in [-0.05, 0) is 24.6 Å². The second-order valence-electron chi connectivity index (χ2n) is 4.37. The summed E-state index contributed by atoms with van der Waals surface area (Å²) >= 11 is 18.1. The summed E-state index contributed by atoms with van der Waals surface area (Å²) in [6, 6.07) is 5.20. The van der Waals surface area contributed by atoms with Crippen LogP contribution in [0.3, 0.4) is 0 Å². The first-order valence-electron chi connectivity index (χ1n) is 5.71. The maximum absolute atomic E-state index is 10.3. The molecule has 0 amide bonds. The zero-order valence-electron chi connectivity index (χ0n) is 10.5. The molecule has 6 heteroatoms. The Kier molecular flexibility index (Phi) is 4.41. The molecule has 19 heavy (non-hydrogen) atoms. The van der Waals surface area contributed by atoms with Gasteiger partial charge in [0.05, 0.1) is 11.8 Å². The third-order valence-corrected chi connectivity index (χ3v) is 3.99.